The van der Waals surface area contributed by atoms with Crippen LogP contribution in [0.4, 0.5) is 4.39 Å². The van der Waals surface area contributed by atoms with Gasteiger partial charge in [-0.25, -0.2) is 9.37 Å². The standard InChI is InChI=1S/C14H17FN2O/c15-10-4-6-12-13(9-10)17-14(16-12)7-5-11-3-1-2-8-18-11/h4,6,9,11H,1-3,5,7-8H2,(H,16,17). The molecule has 0 aliphatic carbocycles. The molecule has 1 atom stereocenters. The van der Waals surface area contributed by atoms with Gasteiger partial charge in [0, 0.05) is 13.0 Å². The highest BCUT2D eigenvalue weighted by Crippen LogP contribution is 2.18. The Bertz CT molecular complexity index is 532. The summed E-state index contributed by atoms with van der Waals surface area (Å²) in [5, 5.41) is 0. The second kappa shape index (κ2) is 5.06. The SMILES string of the molecule is Fc1ccc2nc(CCC3CCCCO3)[nH]c2c1. The highest BCUT2D eigenvalue weighted by Gasteiger charge is 2.14. The van der Waals surface area contributed by atoms with E-state index in [1.165, 1.54) is 25.0 Å². The fraction of sp³-hybridized carbons (Fsp3) is 0.500. The summed E-state index contributed by atoms with van der Waals surface area (Å²) >= 11 is 0. The number of nitrogens with zero attached hydrogens (tertiary/aromatic N) is 1. The van der Waals surface area contributed by atoms with Crippen molar-refractivity contribution in [3.05, 3.63) is 29.8 Å². The maximum Gasteiger partial charge on any atom is 0.125 e. The van der Waals surface area contributed by atoms with Crippen molar-refractivity contribution in [1.82, 2.24) is 9.97 Å². The predicted octanol–water partition coefficient (Wildman–Crippen LogP) is 3.20. The number of aromatic amines is 1. The van der Waals surface area contributed by atoms with E-state index in [4.69, 9.17) is 4.74 Å². The summed E-state index contributed by atoms with van der Waals surface area (Å²) in [6.07, 6.45) is 5.80. The number of aryl methyl sites for hydroxylation is 1. The second-order valence-electron chi connectivity index (χ2n) is 4.87. The molecule has 3 rings (SSSR count). The normalized spacial score (nSPS) is 20.4. The Balaban J connectivity index is 1.67. The van der Waals surface area contributed by atoms with E-state index < -0.39 is 0 Å². The van der Waals surface area contributed by atoms with Crippen LogP contribution in [0.1, 0.15) is 31.5 Å². The van der Waals surface area contributed by atoms with Crippen molar-refractivity contribution in [2.45, 2.75) is 38.2 Å². The second-order valence-corrected chi connectivity index (χ2v) is 4.87. The first-order valence-corrected chi connectivity index (χ1v) is 6.57. The number of benzene rings is 1. The molecular weight excluding hydrogens is 231 g/mol. The Morgan fingerprint density at radius 1 is 1.39 bits per heavy atom. The molecule has 1 aromatic heterocycles. The maximum atomic E-state index is 13.1. The van der Waals surface area contributed by atoms with Gasteiger partial charge in [-0.15, -0.1) is 0 Å². The minimum absolute atomic E-state index is 0.228. The molecule has 1 fully saturated rings. The molecule has 1 aliphatic rings. The molecule has 3 nitrogen and oxygen atoms in total. The third-order valence-corrected chi connectivity index (χ3v) is 3.47. The van der Waals surface area contributed by atoms with E-state index >= 15 is 0 Å². The number of imidazole rings is 1. The molecule has 1 unspecified atom stereocenters. The summed E-state index contributed by atoms with van der Waals surface area (Å²) in [7, 11) is 0. The smallest absolute Gasteiger partial charge is 0.125 e. The van der Waals surface area contributed by atoms with Crippen molar-refractivity contribution in [3.63, 3.8) is 0 Å². The predicted molar refractivity (Wildman–Crippen MR) is 68.0 cm³/mol. The molecule has 0 bridgehead atoms. The van der Waals surface area contributed by atoms with E-state index in [-0.39, 0.29) is 5.82 Å². The van der Waals surface area contributed by atoms with Gasteiger partial charge in [-0.3, -0.25) is 0 Å². The third-order valence-electron chi connectivity index (χ3n) is 3.47. The fourth-order valence-electron chi connectivity index (χ4n) is 2.49. The van der Waals surface area contributed by atoms with Gasteiger partial charge in [0.1, 0.15) is 11.6 Å². The largest absolute Gasteiger partial charge is 0.378 e. The van der Waals surface area contributed by atoms with Crippen LogP contribution in [0.5, 0.6) is 0 Å². The van der Waals surface area contributed by atoms with Crippen LogP contribution < -0.4 is 0 Å². The van der Waals surface area contributed by atoms with E-state index in [1.807, 2.05) is 0 Å². The van der Waals surface area contributed by atoms with Gasteiger partial charge in [0.25, 0.3) is 0 Å². The van der Waals surface area contributed by atoms with Crippen LogP contribution in [0.3, 0.4) is 0 Å². The monoisotopic (exact) mass is 248 g/mol. The summed E-state index contributed by atoms with van der Waals surface area (Å²) in [6.45, 7) is 0.885. The molecule has 2 heterocycles. The highest BCUT2D eigenvalue weighted by molar-refractivity contribution is 5.74. The molecule has 1 N–H and O–H groups in total. The summed E-state index contributed by atoms with van der Waals surface area (Å²) in [4.78, 5) is 7.63. The maximum absolute atomic E-state index is 13.1. The number of H-pyrrole nitrogens is 1. The quantitative estimate of drug-likeness (QED) is 0.905. The Morgan fingerprint density at radius 3 is 3.17 bits per heavy atom. The lowest BCUT2D eigenvalue weighted by molar-refractivity contribution is 0.0112. The van der Waals surface area contributed by atoms with Crippen LogP contribution >= 0.6 is 0 Å². The molecule has 2 aromatic rings. The van der Waals surface area contributed by atoms with E-state index in [9.17, 15) is 4.39 Å². The molecule has 0 spiro atoms. The van der Waals surface area contributed by atoms with Crippen molar-refractivity contribution in [3.8, 4) is 0 Å². The summed E-state index contributed by atoms with van der Waals surface area (Å²) in [5.41, 5.74) is 1.60. The Morgan fingerprint density at radius 2 is 2.33 bits per heavy atom. The number of halogens is 1. The third kappa shape index (κ3) is 2.53. The first-order chi connectivity index (χ1) is 8.81. The minimum atomic E-state index is -0.228. The van der Waals surface area contributed by atoms with Crippen molar-refractivity contribution < 1.29 is 9.13 Å². The van der Waals surface area contributed by atoms with Crippen molar-refractivity contribution in [2.24, 2.45) is 0 Å². The lowest BCUT2D eigenvalue weighted by atomic mass is 10.0. The van der Waals surface area contributed by atoms with Gasteiger partial charge in [0.05, 0.1) is 17.1 Å². The molecule has 1 aliphatic heterocycles. The summed E-state index contributed by atoms with van der Waals surface area (Å²) in [6, 6.07) is 4.64. The van der Waals surface area contributed by atoms with Gasteiger partial charge in [-0.1, -0.05) is 0 Å². The number of nitrogens with one attached hydrogen (secondary N) is 1. The van der Waals surface area contributed by atoms with Crippen LogP contribution in [-0.2, 0) is 11.2 Å². The lowest BCUT2D eigenvalue weighted by Gasteiger charge is -2.21. The van der Waals surface area contributed by atoms with Crippen LogP contribution in [0.2, 0.25) is 0 Å². The zero-order valence-electron chi connectivity index (χ0n) is 10.3. The van der Waals surface area contributed by atoms with Gasteiger partial charge in [0.15, 0.2) is 0 Å². The highest BCUT2D eigenvalue weighted by atomic mass is 19.1. The number of hydrogen-bond acceptors (Lipinski definition) is 2. The number of fused-ring (bicyclic) bond motifs is 1. The van der Waals surface area contributed by atoms with Gasteiger partial charge in [-0.05, 0) is 43.9 Å². The van der Waals surface area contributed by atoms with Crippen molar-refractivity contribution >= 4 is 11.0 Å². The first-order valence-electron chi connectivity index (χ1n) is 6.57. The van der Waals surface area contributed by atoms with Crippen molar-refractivity contribution in [2.75, 3.05) is 6.61 Å². The summed E-state index contributed by atoms with van der Waals surface area (Å²) < 4.78 is 18.7. The molecule has 4 heteroatoms. The molecule has 0 amide bonds. The van der Waals surface area contributed by atoms with E-state index in [2.05, 4.69) is 9.97 Å². The molecule has 18 heavy (non-hydrogen) atoms. The Labute approximate surface area is 105 Å². The number of ether oxygens (including phenoxy) is 1. The number of aromatic nitrogens is 2. The van der Waals surface area contributed by atoms with Gasteiger partial charge in [-0.2, -0.15) is 0 Å². The van der Waals surface area contributed by atoms with Crippen LogP contribution in [0.25, 0.3) is 11.0 Å². The average Bonchev–Trinajstić information content (AvgIpc) is 2.79. The number of hydrogen-bond donors (Lipinski definition) is 1. The average molecular weight is 248 g/mol. The van der Waals surface area contributed by atoms with Crippen LogP contribution in [0.15, 0.2) is 18.2 Å². The van der Waals surface area contributed by atoms with Crippen molar-refractivity contribution in [1.29, 1.82) is 0 Å². The van der Waals surface area contributed by atoms with E-state index in [1.54, 1.807) is 6.07 Å². The minimum Gasteiger partial charge on any atom is -0.378 e. The topological polar surface area (TPSA) is 37.9 Å². The first kappa shape index (κ1) is 11.7. The lowest BCUT2D eigenvalue weighted by Crippen LogP contribution is -2.19. The Hall–Kier alpha value is -1.42. The van der Waals surface area contributed by atoms with Gasteiger partial charge < -0.3 is 9.72 Å². The molecule has 0 radical (unpaired) electrons. The van der Waals surface area contributed by atoms with Crippen LogP contribution in [-0.4, -0.2) is 22.7 Å². The van der Waals surface area contributed by atoms with Gasteiger partial charge in [0.2, 0.25) is 0 Å². The fourth-order valence-corrected chi connectivity index (χ4v) is 2.49. The van der Waals surface area contributed by atoms with E-state index in [0.717, 1.165) is 42.7 Å². The van der Waals surface area contributed by atoms with Gasteiger partial charge >= 0.3 is 0 Å². The molecule has 0 saturated carbocycles. The summed E-state index contributed by atoms with van der Waals surface area (Å²) in [5.74, 6) is 0.693. The zero-order valence-corrected chi connectivity index (χ0v) is 10.3. The zero-order chi connectivity index (χ0) is 12.4. The van der Waals surface area contributed by atoms with E-state index in [0.29, 0.717) is 6.10 Å². The molecule has 96 valence electrons. The molecule has 1 saturated heterocycles. The van der Waals surface area contributed by atoms with Crippen LogP contribution in [0, 0.1) is 5.82 Å². The molecule has 1 aromatic carbocycles. The molecular formula is C14H17FN2O. The number of rotatable bonds is 3. The Kier molecular flexibility index (Phi) is 3.28.